The predicted octanol–water partition coefficient (Wildman–Crippen LogP) is -2.56. The number of nitrogens with one attached hydrogen (secondary N) is 1. The molecule has 0 heterocycles. The number of carbonyl (C=O) groups is 1. The summed E-state index contributed by atoms with van der Waals surface area (Å²) in [6.45, 7) is 6.25. The van der Waals surface area contributed by atoms with E-state index in [9.17, 15) is 4.79 Å². The van der Waals surface area contributed by atoms with Gasteiger partial charge in [0.05, 0.1) is 0 Å². The van der Waals surface area contributed by atoms with Crippen LogP contribution in [-0.4, -0.2) is 12.6 Å². The molecule has 0 atom stereocenters. The molecule has 1 amide bonds. The summed E-state index contributed by atoms with van der Waals surface area (Å²) in [4.78, 5) is 12.5. The Morgan fingerprint density at radius 1 is 1.24 bits per heavy atom. The Labute approximate surface area is 149 Å². The molecule has 0 aromatic rings. The Morgan fingerprint density at radius 3 is 2.33 bits per heavy atom. The minimum atomic E-state index is -1.48. The maximum Gasteiger partial charge on any atom is -1.00 e. The van der Waals surface area contributed by atoms with Crippen molar-refractivity contribution in [1.82, 2.24) is 3.80 Å². The zero-order valence-electron chi connectivity index (χ0n) is 13.2. The van der Waals surface area contributed by atoms with Crippen molar-refractivity contribution in [3.8, 4) is 0 Å². The number of allylic oxidation sites excluding steroid dienone is 4. The molecule has 0 aromatic heterocycles. The summed E-state index contributed by atoms with van der Waals surface area (Å²) in [5, 5.41) is 0. The first-order valence-corrected chi connectivity index (χ1v) is 14.8. The van der Waals surface area contributed by atoms with E-state index in [1.807, 2.05) is 0 Å². The SMILES string of the molecule is CC1=CC[C]([Ti+2]([NH]C(=O)C2CCCCC2)[SiH](C)C)=C1.[Cl-].[Cl-]. The van der Waals surface area contributed by atoms with Crippen LogP contribution in [0, 0.1) is 5.92 Å². The maximum absolute atomic E-state index is 12.5. The standard InChI is InChI=1S/C7H13NO.C6H7.C2H7Si.2ClH.Ti/c8-7(9)6-4-2-1-3-5-6;1-6-4-2-3-5-6;1-3-2;;;/h6H,1-5H2,(H2,8,9);4-5H,2H2,1H3;3H,1-2H3;2*1H;/q;;;;;+3/p-3. The summed E-state index contributed by atoms with van der Waals surface area (Å²) in [5.41, 5.74) is 1.39. The molecule has 21 heavy (non-hydrogen) atoms. The number of carbonyl (C=O) groups excluding carboxylic acids is 1. The van der Waals surface area contributed by atoms with Crippen LogP contribution in [0.2, 0.25) is 13.1 Å². The van der Waals surface area contributed by atoms with Gasteiger partial charge in [0.2, 0.25) is 0 Å². The van der Waals surface area contributed by atoms with E-state index in [1.54, 1.807) is 3.88 Å². The molecule has 2 nitrogen and oxygen atoms in total. The number of amides is 1. The van der Waals surface area contributed by atoms with E-state index in [4.69, 9.17) is 0 Å². The fraction of sp³-hybridized carbons (Fsp3) is 0.667. The number of rotatable bonds is 4. The van der Waals surface area contributed by atoms with Crippen molar-refractivity contribution in [1.29, 1.82) is 0 Å². The third-order valence-corrected chi connectivity index (χ3v) is 15.3. The molecule has 2 aliphatic carbocycles. The molecule has 2 rings (SSSR count). The fourth-order valence-electron chi connectivity index (χ4n) is 3.05. The monoisotopic (exact) mass is 382 g/mol. The zero-order chi connectivity index (χ0) is 13.8. The van der Waals surface area contributed by atoms with Crippen LogP contribution in [0.25, 0.3) is 0 Å². The molecule has 6 heteroatoms. The van der Waals surface area contributed by atoms with Crippen molar-refractivity contribution in [2.24, 2.45) is 5.92 Å². The van der Waals surface area contributed by atoms with Gasteiger partial charge in [-0.25, -0.2) is 0 Å². The minimum Gasteiger partial charge on any atom is -1.00 e. The summed E-state index contributed by atoms with van der Waals surface area (Å²) in [5.74, 6) is 0.710. The predicted molar refractivity (Wildman–Crippen MR) is 80.1 cm³/mol. The summed E-state index contributed by atoms with van der Waals surface area (Å²) in [6.07, 6.45) is 11.8. The fourth-order valence-corrected chi connectivity index (χ4v) is 12.4. The smallest absolute Gasteiger partial charge is 1.00 e. The second kappa shape index (κ2) is 10.3. The number of halogens is 2. The van der Waals surface area contributed by atoms with Crippen molar-refractivity contribution in [3.05, 3.63) is 21.6 Å². The van der Waals surface area contributed by atoms with Gasteiger partial charge >= 0.3 is 125 Å². The topological polar surface area (TPSA) is 29.1 Å². The average Bonchev–Trinajstić information content (AvgIpc) is 2.82. The number of hydrogen-bond donors (Lipinski definition) is 1. The van der Waals surface area contributed by atoms with Crippen molar-refractivity contribution in [2.45, 2.75) is 58.5 Å². The van der Waals surface area contributed by atoms with Gasteiger partial charge in [-0.05, 0) is 0 Å². The molecule has 0 aromatic carbocycles. The third kappa shape index (κ3) is 6.23. The maximum atomic E-state index is 12.5. The molecular formula is C15H26Cl2NOSiTi. The summed E-state index contributed by atoms with van der Waals surface area (Å²) < 4.78 is 5.14. The van der Waals surface area contributed by atoms with Gasteiger partial charge in [-0.2, -0.15) is 0 Å². The molecule has 1 fully saturated rings. The Morgan fingerprint density at radius 2 is 1.86 bits per heavy atom. The van der Waals surface area contributed by atoms with Gasteiger partial charge in [0, 0.05) is 0 Å². The van der Waals surface area contributed by atoms with E-state index < -0.39 is 24.0 Å². The van der Waals surface area contributed by atoms with Gasteiger partial charge in [0.25, 0.3) is 0 Å². The molecule has 0 radical (unpaired) electrons. The summed E-state index contributed by atoms with van der Waals surface area (Å²) >= 11 is -1.48. The second-order valence-corrected chi connectivity index (χ2v) is 19.0. The Hall–Kier alpha value is 0.461. The molecule has 0 spiro atoms. The summed E-state index contributed by atoms with van der Waals surface area (Å²) in [7, 11) is 0. The van der Waals surface area contributed by atoms with Gasteiger partial charge in [-0.3, -0.25) is 0 Å². The van der Waals surface area contributed by atoms with Gasteiger partial charge in [-0.15, -0.1) is 0 Å². The Kier molecular flexibility index (Phi) is 10.5. The van der Waals surface area contributed by atoms with Gasteiger partial charge in [0.1, 0.15) is 0 Å². The third-order valence-electron chi connectivity index (χ3n) is 4.20. The first kappa shape index (κ1) is 21.5. The van der Waals surface area contributed by atoms with Crippen LogP contribution in [0.15, 0.2) is 21.6 Å². The van der Waals surface area contributed by atoms with E-state index in [2.05, 4.69) is 36.0 Å². The zero-order valence-corrected chi connectivity index (χ0v) is 17.4. The van der Waals surface area contributed by atoms with Crippen LogP contribution in [0.3, 0.4) is 0 Å². The van der Waals surface area contributed by atoms with Crippen molar-refractivity contribution in [2.75, 3.05) is 0 Å². The van der Waals surface area contributed by atoms with E-state index >= 15 is 0 Å². The van der Waals surface area contributed by atoms with Crippen molar-refractivity contribution >= 4 is 12.6 Å². The molecule has 119 valence electrons. The van der Waals surface area contributed by atoms with Crippen molar-refractivity contribution in [3.63, 3.8) is 0 Å². The molecule has 1 N–H and O–H groups in total. The van der Waals surface area contributed by atoms with E-state index in [0.717, 1.165) is 19.3 Å². The van der Waals surface area contributed by atoms with E-state index in [1.165, 1.54) is 24.8 Å². The quantitative estimate of drug-likeness (QED) is 0.532. The van der Waals surface area contributed by atoms with Gasteiger partial charge in [0.15, 0.2) is 0 Å². The largest absolute Gasteiger partial charge is 1.00 e. The molecule has 1 saturated carbocycles. The van der Waals surface area contributed by atoms with Crippen LogP contribution in [0.5, 0.6) is 0 Å². The van der Waals surface area contributed by atoms with Crippen LogP contribution < -0.4 is 28.6 Å². The first-order valence-electron chi connectivity index (χ1n) is 7.63. The van der Waals surface area contributed by atoms with E-state index in [-0.39, 0.29) is 24.8 Å². The Balaban J connectivity index is 0.00000200. The molecule has 2 aliphatic rings. The van der Waals surface area contributed by atoms with Gasteiger partial charge in [-0.1, -0.05) is 0 Å². The normalized spacial score (nSPS) is 18.3. The number of hydrogen-bond acceptors (Lipinski definition) is 1. The summed E-state index contributed by atoms with van der Waals surface area (Å²) in [6, 6.07) is 0. The minimum absolute atomic E-state index is 0. The second-order valence-electron chi connectivity index (χ2n) is 6.21. The molecule has 0 aliphatic heterocycles. The molecule has 0 saturated heterocycles. The van der Waals surface area contributed by atoms with Crippen LogP contribution in [-0.2, 0) is 22.2 Å². The van der Waals surface area contributed by atoms with Crippen LogP contribution in [0.4, 0.5) is 0 Å². The average molecular weight is 383 g/mol. The van der Waals surface area contributed by atoms with Gasteiger partial charge < -0.3 is 24.8 Å². The first-order chi connectivity index (χ1) is 9.08. The van der Waals surface area contributed by atoms with Crippen molar-refractivity contribution < 1.29 is 47.0 Å². The Bertz CT molecular complexity index is 406. The van der Waals surface area contributed by atoms with Crippen LogP contribution >= 0.6 is 0 Å². The molecule has 0 bridgehead atoms. The van der Waals surface area contributed by atoms with Crippen LogP contribution in [0.1, 0.15) is 45.4 Å². The molecular weight excluding hydrogens is 357 g/mol. The molecule has 0 unspecified atom stereocenters. The van der Waals surface area contributed by atoms with E-state index in [0.29, 0.717) is 11.8 Å².